The molecule has 0 aliphatic carbocycles. The molecule has 1 aromatic carbocycles. The zero-order valence-electron chi connectivity index (χ0n) is 6.69. The quantitative estimate of drug-likeness (QED) is 0.735. The lowest BCUT2D eigenvalue weighted by Gasteiger charge is -2.05. The Morgan fingerprint density at radius 3 is 2.77 bits per heavy atom. The van der Waals surface area contributed by atoms with E-state index >= 15 is 0 Å². The molecule has 1 rings (SSSR count). The van der Waals surface area contributed by atoms with Gasteiger partial charge >= 0.3 is 0 Å². The predicted molar refractivity (Wildman–Crippen MR) is 46.8 cm³/mol. The minimum absolute atomic E-state index is 0.0398. The lowest BCUT2D eigenvalue weighted by molar-refractivity contribution is 0.330. The Morgan fingerprint density at radius 2 is 2.15 bits per heavy atom. The van der Waals surface area contributed by atoms with Gasteiger partial charge in [-0.3, -0.25) is 0 Å². The van der Waals surface area contributed by atoms with E-state index < -0.39 is 11.6 Å². The molecule has 1 aromatic rings. The Labute approximate surface area is 79.6 Å². The third kappa shape index (κ3) is 2.70. The molecule has 0 saturated carbocycles. The van der Waals surface area contributed by atoms with Crippen LogP contribution in [0.1, 0.15) is 0 Å². The number of ether oxygens (including phenoxy) is 1. The molecule has 0 bridgehead atoms. The molecule has 4 heteroatoms. The van der Waals surface area contributed by atoms with Crippen LogP contribution in [0.3, 0.4) is 0 Å². The smallest absolute Gasteiger partial charge is 0.200 e. The van der Waals surface area contributed by atoms with Crippen molar-refractivity contribution >= 4 is 11.6 Å². The third-order valence-corrected chi connectivity index (χ3v) is 1.41. The molecule has 0 atom stereocenters. The first-order valence-corrected chi connectivity index (χ1v) is 3.89. The van der Waals surface area contributed by atoms with Crippen LogP contribution in [0.2, 0.25) is 0 Å². The summed E-state index contributed by atoms with van der Waals surface area (Å²) in [5, 5.41) is 0.226. The summed E-state index contributed by atoms with van der Waals surface area (Å²) >= 11 is 5.38. The third-order valence-electron chi connectivity index (χ3n) is 1.30. The Balaban J connectivity index is 2.77. The van der Waals surface area contributed by atoms with Gasteiger partial charge < -0.3 is 4.74 Å². The molecule has 0 aliphatic rings. The normalized spacial score (nSPS) is 9.77. The fourth-order valence-corrected chi connectivity index (χ4v) is 0.806. The Bertz CT molecular complexity index is 325. The highest BCUT2D eigenvalue weighted by Gasteiger charge is 2.08. The zero-order chi connectivity index (χ0) is 9.84. The van der Waals surface area contributed by atoms with Crippen LogP contribution in [0.15, 0.2) is 29.8 Å². The molecule has 0 aliphatic heterocycles. The van der Waals surface area contributed by atoms with E-state index in [-0.39, 0.29) is 17.4 Å². The van der Waals surface area contributed by atoms with E-state index in [1.54, 1.807) is 0 Å². The second-order valence-corrected chi connectivity index (χ2v) is 2.89. The number of rotatable bonds is 3. The van der Waals surface area contributed by atoms with Crippen molar-refractivity contribution in [2.24, 2.45) is 0 Å². The molecule has 0 unspecified atom stereocenters. The van der Waals surface area contributed by atoms with Gasteiger partial charge in [0, 0.05) is 5.03 Å². The lowest BCUT2D eigenvalue weighted by Crippen LogP contribution is -1.99. The summed E-state index contributed by atoms with van der Waals surface area (Å²) in [5.41, 5.74) is 0. The van der Waals surface area contributed by atoms with Gasteiger partial charge in [0.2, 0.25) is 5.82 Å². The fourth-order valence-electron chi connectivity index (χ4n) is 0.752. The molecule has 0 fully saturated rings. The summed E-state index contributed by atoms with van der Waals surface area (Å²) in [6.07, 6.45) is 0. The summed E-state index contributed by atoms with van der Waals surface area (Å²) in [7, 11) is 0. The van der Waals surface area contributed by atoms with Gasteiger partial charge in [0.1, 0.15) is 6.61 Å². The van der Waals surface area contributed by atoms with Crippen LogP contribution in [0.4, 0.5) is 8.78 Å². The summed E-state index contributed by atoms with van der Waals surface area (Å²) < 4.78 is 30.3. The standard InChI is InChI=1S/C9H7ClF2O/c1-6(10)5-13-8-4-2-3-7(11)9(8)12/h2-4H,1,5H2. The van der Waals surface area contributed by atoms with Crippen LogP contribution >= 0.6 is 11.6 Å². The van der Waals surface area contributed by atoms with Crippen LogP contribution < -0.4 is 4.74 Å². The predicted octanol–water partition coefficient (Wildman–Crippen LogP) is 3.10. The first-order valence-electron chi connectivity index (χ1n) is 3.51. The average molecular weight is 205 g/mol. The highest BCUT2D eigenvalue weighted by molar-refractivity contribution is 6.29. The number of halogens is 3. The van der Waals surface area contributed by atoms with Crippen molar-refractivity contribution < 1.29 is 13.5 Å². The van der Waals surface area contributed by atoms with Crippen LogP contribution in [-0.4, -0.2) is 6.61 Å². The molecular weight excluding hydrogens is 198 g/mol. The van der Waals surface area contributed by atoms with E-state index in [1.807, 2.05) is 0 Å². The van der Waals surface area contributed by atoms with Gasteiger partial charge in [0.05, 0.1) is 0 Å². The Morgan fingerprint density at radius 1 is 1.46 bits per heavy atom. The van der Waals surface area contributed by atoms with Gasteiger partial charge in [-0.15, -0.1) is 0 Å². The Kier molecular flexibility index (Phi) is 3.25. The van der Waals surface area contributed by atoms with Gasteiger partial charge in [0.15, 0.2) is 11.6 Å². The maximum absolute atomic E-state index is 12.9. The number of benzene rings is 1. The molecule has 0 spiro atoms. The van der Waals surface area contributed by atoms with Crippen LogP contribution in [0.25, 0.3) is 0 Å². The maximum Gasteiger partial charge on any atom is 0.200 e. The van der Waals surface area contributed by atoms with Gasteiger partial charge in [0.25, 0.3) is 0 Å². The first kappa shape index (κ1) is 9.99. The van der Waals surface area contributed by atoms with Gasteiger partial charge in [-0.25, -0.2) is 4.39 Å². The summed E-state index contributed by atoms with van der Waals surface area (Å²) in [4.78, 5) is 0. The second-order valence-electron chi connectivity index (χ2n) is 2.36. The van der Waals surface area contributed by atoms with E-state index in [9.17, 15) is 8.78 Å². The van der Waals surface area contributed by atoms with Crippen molar-refractivity contribution in [2.75, 3.05) is 6.61 Å². The summed E-state index contributed by atoms with van der Waals surface area (Å²) in [5.74, 6) is -2.13. The van der Waals surface area contributed by atoms with Crippen molar-refractivity contribution in [3.8, 4) is 5.75 Å². The molecule has 0 radical (unpaired) electrons. The molecule has 13 heavy (non-hydrogen) atoms. The van der Waals surface area contributed by atoms with Gasteiger partial charge in [-0.1, -0.05) is 24.2 Å². The van der Waals surface area contributed by atoms with Crippen molar-refractivity contribution in [2.45, 2.75) is 0 Å². The van der Waals surface area contributed by atoms with E-state index in [1.165, 1.54) is 12.1 Å². The van der Waals surface area contributed by atoms with E-state index in [0.29, 0.717) is 0 Å². The van der Waals surface area contributed by atoms with Crippen LogP contribution in [-0.2, 0) is 0 Å². The molecule has 0 heterocycles. The summed E-state index contributed by atoms with van der Waals surface area (Å²) in [6, 6.07) is 3.68. The highest BCUT2D eigenvalue weighted by Crippen LogP contribution is 2.19. The molecular formula is C9H7ClF2O. The van der Waals surface area contributed by atoms with E-state index in [2.05, 4.69) is 6.58 Å². The highest BCUT2D eigenvalue weighted by atomic mass is 35.5. The molecule has 0 aromatic heterocycles. The fraction of sp³-hybridized carbons (Fsp3) is 0.111. The molecule has 0 amide bonds. The van der Waals surface area contributed by atoms with Crippen LogP contribution in [0.5, 0.6) is 5.75 Å². The van der Waals surface area contributed by atoms with Crippen molar-refractivity contribution in [1.82, 2.24) is 0 Å². The van der Waals surface area contributed by atoms with E-state index in [0.717, 1.165) is 6.07 Å². The number of hydrogen-bond acceptors (Lipinski definition) is 1. The average Bonchev–Trinajstić information content (AvgIpc) is 2.07. The topological polar surface area (TPSA) is 9.23 Å². The molecule has 0 saturated heterocycles. The van der Waals surface area contributed by atoms with Crippen molar-refractivity contribution in [3.63, 3.8) is 0 Å². The van der Waals surface area contributed by atoms with Gasteiger partial charge in [-0.05, 0) is 12.1 Å². The van der Waals surface area contributed by atoms with Gasteiger partial charge in [-0.2, -0.15) is 4.39 Å². The van der Waals surface area contributed by atoms with Crippen molar-refractivity contribution in [1.29, 1.82) is 0 Å². The lowest BCUT2D eigenvalue weighted by atomic mass is 10.3. The molecule has 70 valence electrons. The largest absolute Gasteiger partial charge is 0.485 e. The molecule has 0 N–H and O–H groups in total. The summed E-state index contributed by atoms with van der Waals surface area (Å²) in [6.45, 7) is 3.31. The minimum Gasteiger partial charge on any atom is -0.485 e. The minimum atomic E-state index is -1.01. The maximum atomic E-state index is 12.9. The first-order chi connectivity index (χ1) is 6.11. The Hall–Kier alpha value is -1.09. The van der Waals surface area contributed by atoms with Crippen molar-refractivity contribution in [3.05, 3.63) is 41.4 Å². The molecule has 1 nitrogen and oxygen atoms in total. The second kappa shape index (κ2) is 4.23. The number of hydrogen-bond donors (Lipinski definition) is 0. The van der Waals surface area contributed by atoms with E-state index in [4.69, 9.17) is 16.3 Å². The van der Waals surface area contributed by atoms with Crippen LogP contribution in [0, 0.1) is 11.6 Å². The zero-order valence-corrected chi connectivity index (χ0v) is 7.44. The SMILES string of the molecule is C=C(Cl)COc1cccc(F)c1F. The monoisotopic (exact) mass is 204 g/mol.